The molecule has 1 unspecified atom stereocenters. The van der Waals surface area contributed by atoms with Crippen LogP contribution < -0.4 is 15.2 Å². The maximum absolute atomic E-state index is 13.5. The highest BCUT2D eigenvalue weighted by Gasteiger charge is 2.37. The molecule has 8 heteroatoms. The summed E-state index contributed by atoms with van der Waals surface area (Å²) in [6.07, 6.45) is 1.96. The fraction of sp³-hybridized carbons (Fsp3) is 0.423. The smallest absolute Gasteiger partial charge is 0.241 e. The van der Waals surface area contributed by atoms with Crippen molar-refractivity contribution in [3.8, 4) is 17.6 Å². The summed E-state index contributed by atoms with van der Waals surface area (Å²) in [5.41, 5.74) is 9.22. The van der Waals surface area contributed by atoms with Gasteiger partial charge in [0.25, 0.3) is 0 Å². The van der Waals surface area contributed by atoms with E-state index < -0.39 is 12.1 Å². The first-order valence-electron chi connectivity index (χ1n) is 11.5. The molecule has 2 heterocycles. The van der Waals surface area contributed by atoms with Gasteiger partial charge in [-0.3, -0.25) is 9.59 Å². The van der Waals surface area contributed by atoms with Gasteiger partial charge < -0.3 is 25.0 Å². The number of amides is 2. The third-order valence-electron chi connectivity index (χ3n) is 6.71. The number of carbonyl (C=O) groups excluding carboxylic acids is 2. The highest BCUT2D eigenvalue weighted by Crippen LogP contribution is 2.41. The largest absolute Gasteiger partial charge is 0.493 e. The average Bonchev–Trinajstić information content (AvgIpc) is 3.35. The van der Waals surface area contributed by atoms with Gasteiger partial charge in [-0.15, -0.1) is 0 Å². The second-order valence-corrected chi connectivity index (χ2v) is 8.69. The lowest BCUT2D eigenvalue weighted by Gasteiger charge is -2.38. The maximum Gasteiger partial charge on any atom is 0.241 e. The predicted molar refractivity (Wildman–Crippen MR) is 126 cm³/mol. The Hall–Kier alpha value is -3.57. The molecule has 178 valence electrons. The van der Waals surface area contributed by atoms with Gasteiger partial charge in [-0.05, 0) is 48.1 Å². The van der Waals surface area contributed by atoms with Gasteiger partial charge in [0.2, 0.25) is 11.8 Å². The Morgan fingerprint density at radius 2 is 1.82 bits per heavy atom. The van der Waals surface area contributed by atoms with E-state index in [2.05, 4.69) is 6.07 Å². The molecule has 0 aromatic heterocycles. The Kier molecular flexibility index (Phi) is 7.03. The topological polar surface area (TPSA) is 109 Å². The number of benzene rings is 2. The van der Waals surface area contributed by atoms with Gasteiger partial charge in [0.1, 0.15) is 6.04 Å². The summed E-state index contributed by atoms with van der Waals surface area (Å²) in [6.45, 7) is 0.997. The van der Waals surface area contributed by atoms with E-state index in [-0.39, 0.29) is 24.3 Å². The quantitative estimate of drug-likeness (QED) is 0.706. The molecule has 0 radical (unpaired) electrons. The average molecular weight is 463 g/mol. The second kappa shape index (κ2) is 10.1. The molecule has 2 aliphatic rings. The van der Waals surface area contributed by atoms with Crippen LogP contribution in [0.1, 0.15) is 42.0 Å². The summed E-state index contributed by atoms with van der Waals surface area (Å²) in [7, 11) is 3.19. The summed E-state index contributed by atoms with van der Waals surface area (Å²) in [5.74, 6) is 0.721. The molecule has 2 amide bonds. The van der Waals surface area contributed by atoms with Crippen LogP contribution in [0, 0.1) is 11.3 Å². The van der Waals surface area contributed by atoms with Crippen LogP contribution in [0.15, 0.2) is 42.5 Å². The molecular weight excluding hydrogens is 432 g/mol. The Bertz CT molecular complexity index is 1100. The lowest BCUT2D eigenvalue weighted by atomic mass is 9.87. The molecular formula is C26H30N4O4. The fourth-order valence-electron chi connectivity index (χ4n) is 4.98. The van der Waals surface area contributed by atoms with E-state index >= 15 is 0 Å². The molecule has 2 N–H and O–H groups in total. The van der Waals surface area contributed by atoms with Gasteiger partial charge in [-0.25, -0.2) is 0 Å². The number of methoxy groups -OCH3 is 2. The van der Waals surface area contributed by atoms with Gasteiger partial charge >= 0.3 is 0 Å². The zero-order valence-corrected chi connectivity index (χ0v) is 19.6. The second-order valence-electron chi connectivity index (χ2n) is 8.69. The monoisotopic (exact) mass is 462 g/mol. The molecule has 3 atom stereocenters. The van der Waals surface area contributed by atoms with Gasteiger partial charge in [-0.1, -0.05) is 30.3 Å². The number of carbonyl (C=O) groups is 2. The Morgan fingerprint density at radius 1 is 1.12 bits per heavy atom. The van der Waals surface area contributed by atoms with Crippen LogP contribution in [-0.2, 0) is 16.0 Å². The van der Waals surface area contributed by atoms with E-state index in [0.717, 1.165) is 23.1 Å². The van der Waals surface area contributed by atoms with Crippen LogP contribution in [0.2, 0.25) is 0 Å². The molecule has 2 aromatic carbocycles. The van der Waals surface area contributed by atoms with Crippen LogP contribution >= 0.6 is 0 Å². The minimum absolute atomic E-state index is 0.112. The van der Waals surface area contributed by atoms with Crippen molar-refractivity contribution in [1.82, 2.24) is 9.80 Å². The van der Waals surface area contributed by atoms with E-state index in [1.807, 2.05) is 42.5 Å². The minimum Gasteiger partial charge on any atom is -0.493 e. The number of fused-ring (bicyclic) bond motifs is 1. The van der Waals surface area contributed by atoms with Crippen molar-refractivity contribution in [1.29, 1.82) is 5.26 Å². The highest BCUT2D eigenvalue weighted by atomic mass is 16.5. The van der Waals surface area contributed by atoms with E-state index in [1.54, 1.807) is 19.1 Å². The van der Waals surface area contributed by atoms with E-state index in [1.165, 1.54) is 4.90 Å². The predicted octanol–water partition coefficient (Wildman–Crippen LogP) is 2.41. The molecule has 0 bridgehead atoms. The van der Waals surface area contributed by atoms with Crippen molar-refractivity contribution in [2.45, 2.75) is 43.8 Å². The van der Waals surface area contributed by atoms with Crippen LogP contribution in [-0.4, -0.2) is 61.0 Å². The number of hydrogen-bond donors (Lipinski definition) is 1. The van der Waals surface area contributed by atoms with Gasteiger partial charge in [0.05, 0.1) is 38.8 Å². The summed E-state index contributed by atoms with van der Waals surface area (Å²) in [5, 5.41) is 9.31. The van der Waals surface area contributed by atoms with Crippen molar-refractivity contribution in [3.05, 3.63) is 59.2 Å². The van der Waals surface area contributed by atoms with Crippen molar-refractivity contribution in [2.75, 3.05) is 27.3 Å². The molecule has 2 aliphatic heterocycles. The van der Waals surface area contributed by atoms with Crippen molar-refractivity contribution in [3.63, 3.8) is 0 Å². The number of rotatable bonds is 6. The van der Waals surface area contributed by atoms with Crippen LogP contribution in [0.25, 0.3) is 0 Å². The van der Waals surface area contributed by atoms with E-state index in [0.29, 0.717) is 37.4 Å². The van der Waals surface area contributed by atoms with Crippen LogP contribution in [0.3, 0.4) is 0 Å². The first-order valence-corrected chi connectivity index (χ1v) is 11.5. The number of nitrogens with two attached hydrogens (primary N) is 1. The summed E-state index contributed by atoms with van der Waals surface area (Å²) >= 11 is 0. The zero-order chi connectivity index (χ0) is 24.2. The molecule has 0 spiro atoms. The highest BCUT2D eigenvalue weighted by molar-refractivity contribution is 5.89. The fourth-order valence-corrected chi connectivity index (χ4v) is 4.98. The molecule has 4 rings (SSSR count). The van der Waals surface area contributed by atoms with Crippen LogP contribution in [0.4, 0.5) is 0 Å². The number of hydrogen-bond acceptors (Lipinski definition) is 6. The standard InChI is InChI=1S/C26H30N4O4/c1-33-22-13-18-10-12-30(24(31)15-21(28)26(32)29-11-6-9-19(29)16-27)25(17-7-4-3-5-8-17)20(18)14-23(22)34-2/h3-5,7-8,13-14,19,21,25H,6,9-12,15,28H2,1-2H3/t19-,21-,25?/m0/s1. The number of nitriles is 1. The number of ether oxygens (including phenoxy) is 2. The zero-order valence-electron chi connectivity index (χ0n) is 19.6. The molecule has 34 heavy (non-hydrogen) atoms. The van der Waals surface area contributed by atoms with Gasteiger partial charge in [0, 0.05) is 13.1 Å². The maximum atomic E-state index is 13.5. The van der Waals surface area contributed by atoms with E-state index in [9.17, 15) is 14.9 Å². The normalized spacial score (nSPS) is 20.3. The molecule has 0 aliphatic carbocycles. The Balaban J connectivity index is 1.62. The van der Waals surface area contributed by atoms with Gasteiger partial charge in [-0.2, -0.15) is 5.26 Å². The number of likely N-dealkylation sites (tertiary alicyclic amines) is 1. The summed E-state index contributed by atoms with van der Waals surface area (Å²) in [4.78, 5) is 29.7. The first kappa shape index (κ1) is 23.6. The van der Waals surface area contributed by atoms with Crippen molar-refractivity contribution in [2.24, 2.45) is 5.73 Å². The lowest BCUT2D eigenvalue weighted by Crippen LogP contribution is -2.49. The Labute approximate surface area is 199 Å². The molecule has 8 nitrogen and oxygen atoms in total. The van der Waals surface area contributed by atoms with Crippen molar-refractivity contribution >= 4 is 11.8 Å². The first-order chi connectivity index (χ1) is 16.5. The minimum atomic E-state index is -0.982. The number of nitrogens with zero attached hydrogens (tertiary/aromatic N) is 3. The Morgan fingerprint density at radius 3 is 2.50 bits per heavy atom. The summed E-state index contributed by atoms with van der Waals surface area (Å²) in [6, 6.07) is 14.1. The lowest BCUT2D eigenvalue weighted by molar-refractivity contribution is -0.139. The van der Waals surface area contributed by atoms with Crippen LogP contribution in [0.5, 0.6) is 11.5 Å². The van der Waals surface area contributed by atoms with Gasteiger partial charge in [0.15, 0.2) is 11.5 Å². The third-order valence-corrected chi connectivity index (χ3v) is 6.71. The summed E-state index contributed by atoms with van der Waals surface area (Å²) < 4.78 is 11.0. The SMILES string of the molecule is COc1cc2c(cc1OC)C(c1ccccc1)N(C(=O)C[C@H](N)C(=O)N1CCC[C@H]1C#N)CC2. The van der Waals surface area contributed by atoms with Crippen molar-refractivity contribution < 1.29 is 19.1 Å². The van der Waals surface area contributed by atoms with E-state index in [4.69, 9.17) is 15.2 Å². The third kappa shape index (κ3) is 4.44. The molecule has 1 saturated heterocycles. The molecule has 2 aromatic rings. The molecule has 0 saturated carbocycles. The molecule has 1 fully saturated rings.